The highest BCUT2D eigenvalue weighted by molar-refractivity contribution is 5.80. The van der Waals surface area contributed by atoms with Crippen LogP contribution in [-0.2, 0) is 6.42 Å². The fourth-order valence-corrected chi connectivity index (χ4v) is 3.27. The monoisotopic (exact) mass is 394 g/mol. The molecule has 2 N–H and O–H groups in total. The van der Waals surface area contributed by atoms with Crippen LogP contribution in [0.1, 0.15) is 12.0 Å². The first kappa shape index (κ1) is 20.2. The smallest absolute Gasteiger partial charge is 0.356 e. The van der Waals surface area contributed by atoms with Crippen LogP contribution in [0, 0.1) is 0 Å². The molecule has 28 heavy (non-hydrogen) atoms. The maximum Gasteiger partial charge on any atom is 0.401 e. The largest absolute Gasteiger partial charge is 0.401 e. The molecule has 0 amide bonds. The first-order valence-corrected chi connectivity index (χ1v) is 9.28. The molecule has 3 rings (SSSR count). The second-order valence-electron chi connectivity index (χ2n) is 6.86. The van der Waals surface area contributed by atoms with E-state index in [2.05, 4.69) is 20.7 Å². The third kappa shape index (κ3) is 5.98. The van der Waals surface area contributed by atoms with Crippen LogP contribution in [0.15, 0.2) is 47.7 Å². The number of hydrogen-bond donors (Lipinski definition) is 2. The first-order valence-electron chi connectivity index (χ1n) is 9.28. The van der Waals surface area contributed by atoms with E-state index in [4.69, 9.17) is 0 Å². The van der Waals surface area contributed by atoms with Crippen LogP contribution in [0.2, 0.25) is 0 Å². The van der Waals surface area contributed by atoms with Crippen LogP contribution in [0.5, 0.6) is 0 Å². The maximum absolute atomic E-state index is 12.5. The summed E-state index contributed by atoms with van der Waals surface area (Å²) in [6.07, 6.45) is 1.09. The SMILES string of the molecule is CN=C(NCCc1cnn(-c2ccccc2)c1)NC1CCN(CC(F)(F)F)C1. The van der Waals surface area contributed by atoms with E-state index in [0.29, 0.717) is 32.0 Å². The second-order valence-corrected chi connectivity index (χ2v) is 6.86. The number of aromatic nitrogens is 2. The molecule has 1 unspecified atom stereocenters. The summed E-state index contributed by atoms with van der Waals surface area (Å²) in [6.45, 7) is 0.596. The molecule has 9 heteroatoms. The van der Waals surface area contributed by atoms with Crippen molar-refractivity contribution in [2.45, 2.75) is 25.1 Å². The predicted molar refractivity (Wildman–Crippen MR) is 103 cm³/mol. The molecule has 1 saturated heterocycles. The normalized spacial score (nSPS) is 18.4. The summed E-state index contributed by atoms with van der Waals surface area (Å²) in [5.41, 5.74) is 2.09. The van der Waals surface area contributed by atoms with E-state index in [0.717, 1.165) is 17.7 Å². The first-order chi connectivity index (χ1) is 13.4. The van der Waals surface area contributed by atoms with Gasteiger partial charge in [0.05, 0.1) is 18.4 Å². The van der Waals surface area contributed by atoms with E-state index in [9.17, 15) is 13.2 Å². The highest BCUT2D eigenvalue weighted by Crippen LogP contribution is 2.19. The molecule has 1 fully saturated rings. The van der Waals surface area contributed by atoms with Gasteiger partial charge in [-0.1, -0.05) is 18.2 Å². The summed E-state index contributed by atoms with van der Waals surface area (Å²) in [4.78, 5) is 5.59. The fraction of sp³-hybridized carbons (Fsp3) is 0.474. The van der Waals surface area contributed by atoms with Crippen LogP contribution in [0.25, 0.3) is 5.69 Å². The minimum absolute atomic E-state index is 0.0330. The predicted octanol–water partition coefficient (Wildman–Crippen LogP) is 2.22. The summed E-state index contributed by atoms with van der Waals surface area (Å²) in [5, 5.41) is 10.8. The van der Waals surface area contributed by atoms with E-state index >= 15 is 0 Å². The van der Waals surface area contributed by atoms with Crippen molar-refractivity contribution in [3.05, 3.63) is 48.3 Å². The lowest BCUT2D eigenvalue weighted by molar-refractivity contribution is -0.143. The molecule has 1 aliphatic heterocycles. The lowest BCUT2D eigenvalue weighted by Crippen LogP contribution is -2.45. The van der Waals surface area contributed by atoms with E-state index in [1.165, 1.54) is 4.90 Å². The number of hydrogen-bond acceptors (Lipinski definition) is 3. The molecular formula is C19H25F3N6. The summed E-state index contributed by atoms with van der Waals surface area (Å²) in [6, 6.07) is 9.84. The Morgan fingerprint density at radius 3 is 2.79 bits per heavy atom. The van der Waals surface area contributed by atoms with E-state index < -0.39 is 12.7 Å². The zero-order valence-corrected chi connectivity index (χ0v) is 15.8. The molecule has 0 saturated carbocycles. The Hall–Kier alpha value is -2.55. The quantitative estimate of drug-likeness (QED) is 0.583. The molecule has 2 heterocycles. The highest BCUT2D eigenvalue weighted by Gasteiger charge is 2.34. The standard InChI is InChI=1S/C19H25F3N6/c1-23-18(26-16-8-10-27(13-16)14-19(20,21)22)24-9-7-15-11-25-28(12-15)17-5-3-2-4-6-17/h2-6,11-12,16H,7-10,13-14H2,1H3,(H2,23,24,26). The molecule has 0 aliphatic carbocycles. The van der Waals surface area contributed by atoms with Gasteiger partial charge < -0.3 is 10.6 Å². The van der Waals surface area contributed by atoms with E-state index in [1.54, 1.807) is 7.05 Å². The molecule has 1 aromatic carbocycles. The van der Waals surface area contributed by atoms with Crippen molar-refractivity contribution >= 4 is 5.96 Å². The van der Waals surface area contributed by atoms with E-state index in [1.807, 2.05) is 47.4 Å². The summed E-state index contributed by atoms with van der Waals surface area (Å²) in [5.74, 6) is 0.606. The van der Waals surface area contributed by atoms with Crippen molar-refractivity contribution in [3.63, 3.8) is 0 Å². The van der Waals surface area contributed by atoms with Gasteiger partial charge in [0.2, 0.25) is 0 Å². The van der Waals surface area contributed by atoms with Crippen molar-refractivity contribution in [3.8, 4) is 5.69 Å². The average Bonchev–Trinajstić information content (AvgIpc) is 3.30. The lowest BCUT2D eigenvalue weighted by Gasteiger charge is -2.19. The van der Waals surface area contributed by atoms with Crippen molar-refractivity contribution in [2.24, 2.45) is 4.99 Å². The number of rotatable bonds is 6. The third-order valence-electron chi connectivity index (χ3n) is 4.60. The van der Waals surface area contributed by atoms with Gasteiger partial charge in [0.1, 0.15) is 0 Å². The number of guanidine groups is 1. The number of alkyl halides is 3. The lowest BCUT2D eigenvalue weighted by atomic mass is 10.2. The Balaban J connectivity index is 1.42. The van der Waals surface area contributed by atoms with Gasteiger partial charge in [-0.05, 0) is 30.5 Å². The summed E-state index contributed by atoms with van der Waals surface area (Å²) < 4.78 is 39.3. The Labute approximate surface area is 162 Å². The second kappa shape index (κ2) is 9.09. The van der Waals surface area contributed by atoms with Crippen molar-refractivity contribution in [2.75, 3.05) is 33.2 Å². The number of aliphatic imine (C=N–C) groups is 1. The fourth-order valence-electron chi connectivity index (χ4n) is 3.27. The summed E-state index contributed by atoms with van der Waals surface area (Å²) >= 11 is 0. The van der Waals surface area contributed by atoms with E-state index in [-0.39, 0.29) is 6.04 Å². The van der Waals surface area contributed by atoms with Crippen LogP contribution in [-0.4, -0.2) is 66.1 Å². The molecule has 152 valence electrons. The Morgan fingerprint density at radius 1 is 1.29 bits per heavy atom. The minimum Gasteiger partial charge on any atom is -0.356 e. The van der Waals surface area contributed by atoms with Crippen molar-refractivity contribution in [1.82, 2.24) is 25.3 Å². The Kier molecular flexibility index (Phi) is 6.56. The molecule has 1 atom stereocenters. The van der Waals surface area contributed by atoms with Crippen molar-refractivity contribution < 1.29 is 13.2 Å². The van der Waals surface area contributed by atoms with Gasteiger partial charge in [0.15, 0.2) is 5.96 Å². The van der Waals surface area contributed by atoms with Crippen LogP contribution >= 0.6 is 0 Å². The molecule has 2 aromatic rings. The van der Waals surface area contributed by atoms with Gasteiger partial charge in [0, 0.05) is 38.9 Å². The topological polar surface area (TPSA) is 57.5 Å². The maximum atomic E-state index is 12.5. The van der Waals surface area contributed by atoms with Gasteiger partial charge >= 0.3 is 6.18 Å². The number of likely N-dealkylation sites (tertiary alicyclic amines) is 1. The summed E-state index contributed by atoms with van der Waals surface area (Å²) in [7, 11) is 1.66. The Bertz CT molecular complexity index is 771. The number of para-hydroxylation sites is 1. The van der Waals surface area contributed by atoms with Gasteiger partial charge in [-0.25, -0.2) is 4.68 Å². The molecular weight excluding hydrogens is 369 g/mol. The number of nitrogens with one attached hydrogen (secondary N) is 2. The minimum atomic E-state index is -4.15. The zero-order valence-electron chi connectivity index (χ0n) is 15.8. The molecule has 0 radical (unpaired) electrons. The molecule has 0 spiro atoms. The zero-order chi connectivity index (χ0) is 20.0. The van der Waals surface area contributed by atoms with Crippen LogP contribution < -0.4 is 10.6 Å². The average molecular weight is 394 g/mol. The van der Waals surface area contributed by atoms with Gasteiger partial charge in [0.25, 0.3) is 0 Å². The number of halogens is 3. The van der Waals surface area contributed by atoms with Crippen LogP contribution in [0.4, 0.5) is 13.2 Å². The van der Waals surface area contributed by atoms with Crippen LogP contribution in [0.3, 0.4) is 0 Å². The molecule has 6 nitrogen and oxygen atoms in total. The van der Waals surface area contributed by atoms with Gasteiger partial charge in [-0.15, -0.1) is 0 Å². The molecule has 1 aromatic heterocycles. The highest BCUT2D eigenvalue weighted by atomic mass is 19.4. The number of nitrogens with zero attached hydrogens (tertiary/aromatic N) is 4. The third-order valence-corrected chi connectivity index (χ3v) is 4.60. The Morgan fingerprint density at radius 2 is 2.07 bits per heavy atom. The number of benzene rings is 1. The van der Waals surface area contributed by atoms with Gasteiger partial charge in [-0.2, -0.15) is 18.3 Å². The van der Waals surface area contributed by atoms with Gasteiger partial charge in [-0.3, -0.25) is 9.89 Å². The molecule has 0 bridgehead atoms. The van der Waals surface area contributed by atoms with Crippen molar-refractivity contribution in [1.29, 1.82) is 0 Å². The molecule has 1 aliphatic rings.